The van der Waals surface area contributed by atoms with Crippen LogP contribution in [0.4, 0.5) is 0 Å². The van der Waals surface area contributed by atoms with Gasteiger partial charge in [0.05, 0.1) is 12.7 Å². The Labute approximate surface area is 47.6 Å². The summed E-state index contributed by atoms with van der Waals surface area (Å²) in [5.41, 5.74) is 5.42. The van der Waals surface area contributed by atoms with Crippen molar-refractivity contribution in [1.82, 2.24) is 0 Å². The molecule has 7 heavy (non-hydrogen) atoms. The summed E-state index contributed by atoms with van der Waals surface area (Å²) in [4.78, 5) is 0. The fourth-order valence-electron chi connectivity index (χ4n) is 0.402. The Balaban J connectivity index is 2.10. The van der Waals surface area contributed by atoms with Gasteiger partial charge in [-0.05, 0) is 0 Å². The maximum absolute atomic E-state index is 5.42. The zero-order valence-corrected chi connectivity index (χ0v) is 4.69. The molecule has 0 amide bonds. The van der Waals surface area contributed by atoms with Crippen molar-refractivity contribution in [2.45, 2.75) is 12.1 Å². The minimum Gasteiger partial charge on any atom is -0.371 e. The number of alkyl halides is 1. The molecule has 1 aliphatic rings. The molecule has 0 aliphatic carbocycles. The van der Waals surface area contributed by atoms with Crippen molar-refractivity contribution >= 4 is 11.6 Å². The van der Waals surface area contributed by atoms with E-state index in [-0.39, 0.29) is 12.1 Å². The van der Waals surface area contributed by atoms with Crippen LogP contribution in [0.3, 0.4) is 0 Å². The second-order valence-corrected chi connectivity index (χ2v) is 2.00. The highest BCUT2D eigenvalue weighted by atomic mass is 35.5. The Morgan fingerprint density at radius 3 is 2.71 bits per heavy atom. The molecule has 1 saturated heterocycles. The van der Waals surface area contributed by atoms with Crippen LogP contribution in [-0.2, 0) is 4.74 Å². The Morgan fingerprint density at radius 1 is 2.00 bits per heavy atom. The summed E-state index contributed by atoms with van der Waals surface area (Å²) in [6.45, 7) is 0.799. The van der Waals surface area contributed by atoms with Crippen LogP contribution in [0.1, 0.15) is 0 Å². The first kappa shape index (κ1) is 5.35. The third kappa shape index (κ3) is 1.30. The highest BCUT2D eigenvalue weighted by Gasteiger charge is 2.28. The van der Waals surface area contributed by atoms with E-state index in [4.69, 9.17) is 22.1 Å². The largest absolute Gasteiger partial charge is 0.371 e. The fraction of sp³-hybridized carbons (Fsp3) is 1.00. The molecule has 3 heteroatoms. The molecule has 0 saturated carbocycles. The number of ether oxygens (including phenoxy) is 1. The lowest BCUT2D eigenvalue weighted by Gasteiger charge is -1.98. The van der Waals surface area contributed by atoms with Crippen molar-refractivity contribution in [1.29, 1.82) is 0 Å². The van der Waals surface area contributed by atoms with E-state index in [0.717, 1.165) is 6.61 Å². The number of epoxide rings is 1. The van der Waals surface area contributed by atoms with Crippen LogP contribution >= 0.6 is 11.6 Å². The van der Waals surface area contributed by atoms with Crippen molar-refractivity contribution in [3.8, 4) is 0 Å². The molecule has 2 unspecified atom stereocenters. The summed E-state index contributed by atoms with van der Waals surface area (Å²) < 4.78 is 4.85. The van der Waals surface area contributed by atoms with Gasteiger partial charge in [0.2, 0.25) is 0 Å². The lowest BCUT2D eigenvalue weighted by molar-refractivity contribution is 0.383. The van der Waals surface area contributed by atoms with E-state index in [1.165, 1.54) is 0 Å². The quantitative estimate of drug-likeness (QED) is 0.411. The maximum atomic E-state index is 5.42. The van der Waals surface area contributed by atoms with Crippen molar-refractivity contribution in [3.63, 3.8) is 0 Å². The smallest absolute Gasteiger partial charge is 0.0971 e. The van der Waals surface area contributed by atoms with Crippen molar-refractivity contribution in [2.24, 2.45) is 5.73 Å². The van der Waals surface area contributed by atoms with Gasteiger partial charge in [-0.25, -0.2) is 0 Å². The summed E-state index contributed by atoms with van der Waals surface area (Å²) >= 11 is 5.38. The number of hydrogen-bond acceptors (Lipinski definition) is 2. The average Bonchev–Trinajstić information content (AvgIpc) is 2.44. The van der Waals surface area contributed by atoms with Gasteiger partial charge in [-0.15, -0.1) is 11.6 Å². The van der Waals surface area contributed by atoms with Gasteiger partial charge in [0.15, 0.2) is 0 Å². The lowest BCUT2D eigenvalue weighted by atomic mass is 10.3. The van der Waals surface area contributed by atoms with Crippen LogP contribution in [0.15, 0.2) is 0 Å². The van der Waals surface area contributed by atoms with Crippen molar-refractivity contribution in [3.05, 3.63) is 0 Å². The third-order valence-corrected chi connectivity index (χ3v) is 1.37. The molecular formula is C4H8ClNO. The topological polar surface area (TPSA) is 38.5 Å². The molecule has 1 heterocycles. The van der Waals surface area contributed by atoms with Crippen LogP contribution in [0.5, 0.6) is 0 Å². The molecule has 0 aromatic rings. The Morgan fingerprint density at radius 2 is 2.57 bits per heavy atom. The molecule has 2 N–H and O–H groups in total. The second kappa shape index (κ2) is 1.99. The van der Waals surface area contributed by atoms with Gasteiger partial charge in [0, 0.05) is 11.9 Å². The minimum absolute atomic E-state index is 0.0571. The van der Waals surface area contributed by atoms with Gasteiger partial charge in [-0.1, -0.05) is 0 Å². The van der Waals surface area contributed by atoms with E-state index in [9.17, 15) is 0 Å². The average molecular weight is 122 g/mol. The zero-order chi connectivity index (χ0) is 5.28. The zero-order valence-electron chi connectivity index (χ0n) is 3.93. The van der Waals surface area contributed by atoms with Gasteiger partial charge < -0.3 is 10.5 Å². The predicted molar refractivity (Wildman–Crippen MR) is 28.4 cm³/mol. The number of rotatable bonds is 2. The van der Waals surface area contributed by atoms with E-state index in [2.05, 4.69) is 0 Å². The molecular weight excluding hydrogens is 114 g/mol. The predicted octanol–water partition coefficient (Wildman–Crippen LogP) is -0.0487. The molecule has 2 atom stereocenters. The van der Waals surface area contributed by atoms with Gasteiger partial charge in [0.1, 0.15) is 0 Å². The van der Waals surface area contributed by atoms with Gasteiger partial charge in [-0.3, -0.25) is 0 Å². The first-order valence-electron chi connectivity index (χ1n) is 2.27. The van der Waals surface area contributed by atoms with Crippen LogP contribution in [0.2, 0.25) is 0 Å². The molecule has 0 aromatic carbocycles. The SMILES string of the molecule is NC(CCl)C1CO1. The molecule has 1 rings (SSSR count). The summed E-state index contributed by atoms with van der Waals surface area (Å²) in [7, 11) is 0. The molecule has 1 aliphatic heterocycles. The van der Waals surface area contributed by atoms with E-state index >= 15 is 0 Å². The summed E-state index contributed by atoms with van der Waals surface area (Å²) in [5.74, 6) is 0.505. The summed E-state index contributed by atoms with van der Waals surface area (Å²) in [5, 5.41) is 0. The molecule has 2 nitrogen and oxygen atoms in total. The number of hydrogen-bond donors (Lipinski definition) is 1. The van der Waals surface area contributed by atoms with Crippen LogP contribution in [0.25, 0.3) is 0 Å². The second-order valence-electron chi connectivity index (χ2n) is 1.69. The van der Waals surface area contributed by atoms with E-state index in [0.29, 0.717) is 5.88 Å². The van der Waals surface area contributed by atoms with Crippen LogP contribution in [0, 0.1) is 0 Å². The third-order valence-electron chi connectivity index (χ3n) is 1.01. The van der Waals surface area contributed by atoms with Crippen molar-refractivity contribution < 1.29 is 4.74 Å². The van der Waals surface area contributed by atoms with Gasteiger partial charge in [0.25, 0.3) is 0 Å². The number of halogens is 1. The normalized spacial score (nSPS) is 32.6. The van der Waals surface area contributed by atoms with E-state index in [1.807, 2.05) is 0 Å². The monoisotopic (exact) mass is 121 g/mol. The molecule has 42 valence electrons. The van der Waals surface area contributed by atoms with E-state index < -0.39 is 0 Å². The summed E-state index contributed by atoms with van der Waals surface area (Å²) in [6.07, 6.45) is 0.262. The number of nitrogens with two attached hydrogens (primary N) is 1. The molecule has 0 radical (unpaired) electrons. The molecule has 0 aromatic heterocycles. The van der Waals surface area contributed by atoms with E-state index in [1.54, 1.807) is 0 Å². The fourth-order valence-corrected chi connectivity index (χ4v) is 0.601. The molecule has 0 spiro atoms. The van der Waals surface area contributed by atoms with Crippen LogP contribution < -0.4 is 5.73 Å². The van der Waals surface area contributed by atoms with Gasteiger partial charge in [-0.2, -0.15) is 0 Å². The molecule has 1 fully saturated rings. The summed E-state index contributed by atoms with van der Waals surface area (Å²) in [6, 6.07) is 0.0571. The first-order valence-corrected chi connectivity index (χ1v) is 2.81. The maximum Gasteiger partial charge on any atom is 0.0971 e. The lowest BCUT2D eigenvalue weighted by Crippen LogP contribution is -2.27. The Kier molecular flexibility index (Phi) is 1.52. The standard InChI is InChI=1S/C4H8ClNO/c5-1-3(6)4-2-7-4/h3-4H,1-2,6H2. The Hall–Kier alpha value is 0.210. The first-order chi connectivity index (χ1) is 3.34. The highest BCUT2D eigenvalue weighted by Crippen LogP contribution is 2.12. The minimum atomic E-state index is 0.0571. The Bertz CT molecular complexity index is 64.7. The molecule has 0 bridgehead atoms. The van der Waals surface area contributed by atoms with Gasteiger partial charge >= 0.3 is 0 Å². The van der Waals surface area contributed by atoms with Crippen LogP contribution in [-0.4, -0.2) is 24.6 Å². The highest BCUT2D eigenvalue weighted by molar-refractivity contribution is 6.18. The van der Waals surface area contributed by atoms with Crippen molar-refractivity contribution in [2.75, 3.05) is 12.5 Å².